The van der Waals surface area contributed by atoms with Gasteiger partial charge in [-0.3, -0.25) is 4.79 Å². The van der Waals surface area contributed by atoms with Crippen LogP contribution in [0.5, 0.6) is 0 Å². The summed E-state index contributed by atoms with van der Waals surface area (Å²) in [5, 5.41) is 8.89. The van der Waals surface area contributed by atoms with Crippen molar-refractivity contribution in [3.8, 4) is 6.07 Å². The third kappa shape index (κ3) is 1.93. The summed E-state index contributed by atoms with van der Waals surface area (Å²) in [4.78, 5) is 13.9. The molecule has 0 spiro atoms. The fourth-order valence-corrected chi connectivity index (χ4v) is 3.13. The maximum Gasteiger partial charge on any atom is 0.224 e. The molecule has 4 atom stereocenters. The number of likely N-dealkylation sites (tertiary alicyclic amines) is 1. The van der Waals surface area contributed by atoms with E-state index < -0.39 is 0 Å². The molecule has 0 aromatic rings. The molecule has 16 heavy (non-hydrogen) atoms. The molecule has 0 radical (unpaired) electrons. The van der Waals surface area contributed by atoms with Gasteiger partial charge in [-0.25, -0.2) is 0 Å². The molecule has 0 N–H and O–H groups in total. The third-order valence-electron chi connectivity index (χ3n) is 4.41. The second-order valence-corrected chi connectivity index (χ2v) is 5.41. The summed E-state index contributed by atoms with van der Waals surface area (Å²) in [6.07, 6.45) is 4.06. The molecule has 1 aliphatic heterocycles. The molecule has 4 unspecified atom stereocenters. The highest BCUT2D eigenvalue weighted by Gasteiger charge is 2.39. The van der Waals surface area contributed by atoms with Gasteiger partial charge in [0.2, 0.25) is 5.91 Å². The summed E-state index contributed by atoms with van der Waals surface area (Å²) >= 11 is 0. The second kappa shape index (κ2) is 4.45. The van der Waals surface area contributed by atoms with Crippen molar-refractivity contribution in [2.75, 3.05) is 6.54 Å². The Morgan fingerprint density at radius 3 is 2.75 bits per heavy atom. The van der Waals surface area contributed by atoms with E-state index in [2.05, 4.69) is 19.9 Å². The van der Waals surface area contributed by atoms with Crippen LogP contribution in [0.2, 0.25) is 0 Å². The standard InChI is InChI=1S/C13H20N2O/c1-9-4-3-5-12(10(9)2)15-8-11(7-14)6-13(15)16/h9-12H,3-6,8H2,1-2H3. The lowest BCUT2D eigenvalue weighted by atomic mass is 9.77. The molecular weight excluding hydrogens is 200 g/mol. The normalized spacial score (nSPS) is 39.8. The van der Waals surface area contributed by atoms with Crippen LogP contribution in [0.1, 0.15) is 39.5 Å². The van der Waals surface area contributed by atoms with Crippen LogP contribution < -0.4 is 0 Å². The Labute approximate surface area is 97.4 Å². The minimum atomic E-state index is -0.0723. The van der Waals surface area contributed by atoms with Crippen molar-refractivity contribution in [3.63, 3.8) is 0 Å². The largest absolute Gasteiger partial charge is 0.338 e. The lowest BCUT2D eigenvalue weighted by molar-refractivity contribution is -0.131. The van der Waals surface area contributed by atoms with E-state index in [0.29, 0.717) is 30.8 Å². The third-order valence-corrected chi connectivity index (χ3v) is 4.41. The monoisotopic (exact) mass is 220 g/mol. The average Bonchev–Trinajstić information content (AvgIpc) is 2.64. The minimum absolute atomic E-state index is 0.0723. The Morgan fingerprint density at radius 2 is 2.12 bits per heavy atom. The molecule has 0 aromatic heterocycles. The molecule has 1 saturated carbocycles. The van der Waals surface area contributed by atoms with Gasteiger partial charge in [-0.05, 0) is 18.3 Å². The van der Waals surface area contributed by atoms with E-state index in [1.165, 1.54) is 12.8 Å². The molecule has 2 aliphatic rings. The first-order valence-electron chi connectivity index (χ1n) is 6.32. The predicted octanol–water partition coefficient (Wildman–Crippen LogP) is 2.18. The number of rotatable bonds is 1. The molecule has 1 saturated heterocycles. The van der Waals surface area contributed by atoms with Gasteiger partial charge < -0.3 is 4.90 Å². The quantitative estimate of drug-likeness (QED) is 0.680. The summed E-state index contributed by atoms with van der Waals surface area (Å²) in [7, 11) is 0. The maximum absolute atomic E-state index is 11.9. The molecule has 3 nitrogen and oxygen atoms in total. The smallest absolute Gasteiger partial charge is 0.224 e. The number of nitriles is 1. The lowest BCUT2D eigenvalue weighted by Crippen LogP contribution is -2.44. The fourth-order valence-electron chi connectivity index (χ4n) is 3.13. The van der Waals surface area contributed by atoms with Crippen LogP contribution >= 0.6 is 0 Å². The van der Waals surface area contributed by atoms with Crippen molar-refractivity contribution in [3.05, 3.63) is 0 Å². The maximum atomic E-state index is 11.9. The number of nitrogens with zero attached hydrogens (tertiary/aromatic N) is 2. The number of hydrogen-bond acceptors (Lipinski definition) is 2. The Balaban J connectivity index is 2.07. The molecule has 0 aromatic carbocycles. The van der Waals surface area contributed by atoms with Gasteiger partial charge >= 0.3 is 0 Å². The molecule has 1 aliphatic carbocycles. The van der Waals surface area contributed by atoms with Crippen molar-refractivity contribution in [2.45, 2.75) is 45.6 Å². The van der Waals surface area contributed by atoms with Crippen LogP contribution in [0.15, 0.2) is 0 Å². The summed E-state index contributed by atoms with van der Waals surface area (Å²) in [5.74, 6) is 1.40. The van der Waals surface area contributed by atoms with E-state index in [1.54, 1.807) is 0 Å². The molecule has 2 fully saturated rings. The van der Waals surface area contributed by atoms with E-state index in [0.717, 1.165) is 6.42 Å². The topological polar surface area (TPSA) is 44.1 Å². The zero-order chi connectivity index (χ0) is 11.7. The van der Waals surface area contributed by atoms with Gasteiger partial charge in [0.25, 0.3) is 0 Å². The van der Waals surface area contributed by atoms with E-state index in [4.69, 9.17) is 5.26 Å². The molecule has 3 heteroatoms. The van der Waals surface area contributed by atoms with E-state index >= 15 is 0 Å². The van der Waals surface area contributed by atoms with Crippen LogP contribution in [0.4, 0.5) is 0 Å². The van der Waals surface area contributed by atoms with E-state index in [-0.39, 0.29) is 11.8 Å². The van der Waals surface area contributed by atoms with Crippen molar-refractivity contribution >= 4 is 5.91 Å². The van der Waals surface area contributed by atoms with Gasteiger partial charge in [-0.15, -0.1) is 0 Å². The van der Waals surface area contributed by atoms with Crippen LogP contribution in [-0.2, 0) is 4.79 Å². The molecule has 1 amide bonds. The Hall–Kier alpha value is -1.04. The Kier molecular flexibility index (Phi) is 3.18. The predicted molar refractivity (Wildman–Crippen MR) is 61.4 cm³/mol. The first kappa shape index (κ1) is 11.4. The average molecular weight is 220 g/mol. The SMILES string of the molecule is CC1CCCC(N2CC(C#N)CC2=O)C1C. The summed E-state index contributed by atoms with van der Waals surface area (Å²) in [6, 6.07) is 2.61. The van der Waals surface area contributed by atoms with Crippen LogP contribution in [0.3, 0.4) is 0 Å². The van der Waals surface area contributed by atoms with Gasteiger partial charge in [0.15, 0.2) is 0 Å². The van der Waals surface area contributed by atoms with Crippen molar-refractivity contribution < 1.29 is 4.79 Å². The van der Waals surface area contributed by atoms with E-state index in [9.17, 15) is 4.79 Å². The highest BCUT2D eigenvalue weighted by Crippen LogP contribution is 2.35. The van der Waals surface area contributed by atoms with E-state index in [1.807, 2.05) is 4.90 Å². The number of amides is 1. The Bertz CT molecular complexity index is 320. The minimum Gasteiger partial charge on any atom is -0.338 e. The van der Waals surface area contributed by atoms with Gasteiger partial charge in [-0.2, -0.15) is 5.26 Å². The lowest BCUT2D eigenvalue weighted by Gasteiger charge is -2.39. The number of carbonyl (C=O) groups excluding carboxylic acids is 1. The first-order chi connectivity index (χ1) is 7.63. The number of hydrogen-bond donors (Lipinski definition) is 0. The van der Waals surface area contributed by atoms with Gasteiger partial charge in [0.05, 0.1) is 12.0 Å². The highest BCUT2D eigenvalue weighted by molar-refractivity contribution is 5.79. The van der Waals surface area contributed by atoms with Crippen LogP contribution in [0, 0.1) is 29.1 Å². The second-order valence-electron chi connectivity index (χ2n) is 5.41. The van der Waals surface area contributed by atoms with Gasteiger partial charge in [-0.1, -0.05) is 26.7 Å². The molecule has 2 rings (SSSR count). The van der Waals surface area contributed by atoms with Crippen molar-refractivity contribution in [1.29, 1.82) is 5.26 Å². The van der Waals surface area contributed by atoms with Crippen LogP contribution in [0.25, 0.3) is 0 Å². The van der Waals surface area contributed by atoms with Crippen molar-refractivity contribution in [1.82, 2.24) is 4.90 Å². The molecule has 88 valence electrons. The highest BCUT2D eigenvalue weighted by atomic mass is 16.2. The fraction of sp³-hybridized carbons (Fsp3) is 0.846. The van der Waals surface area contributed by atoms with Gasteiger partial charge in [0.1, 0.15) is 0 Å². The Morgan fingerprint density at radius 1 is 1.38 bits per heavy atom. The molecule has 1 heterocycles. The molecular formula is C13H20N2O. The summed E-state index contributed by atoms with van der Waals surface area (Å²) < 4.78 is 0. The van der Waals surface area contributed by atoms with Gasteiger partial charge in [0, 0.05) is 19.0 Å². The zero-order valence-corrected chi connectivity index (χ0v) is 10.1. The molecule has 0 bridgehead atoms. The summed E-state index contributed by atoms with van der Waals surface area (Å²) in [5.41, 5.74) is 0. The van der Waals surface area contributed by atoms with Crippen molar-refractivity contribution in [2.24, 2.45) is 17.8 Å². The van der Waals surface area contributed by atoms with Crippen LogP contribution in [-0.4, -0.2) is 23.4 Å². The number of carbonyl (C=O) groups is 1. The zero-order valence-electron chi connectivity index (χ0n) is 10.1. The summed E-state index contributed by atoms with van der Waals surface area (Å²) in [6.45, 7) is 5.19. The first-order valence-corrected chi connectivity index (χ1v) is 6.32.